The summed E-state index contributed by atoms with van der Waals surface area (Å²) in [6.07, 6.45) is 4.75. The normalized spacial score (nSPS) is 30.7. The van der Waals surface area contributed by atoms with Gasteiger partial charge in [-0.25, -0.2) is 0 Å². The van der Waals surface area contributed by atoms with Crippen molar-refractivity contribution in [3.63, 3.8) is 0 Å². The van der Waals surface area contributed by atoms with Crippen LogP contribution in [0.1, 0.15) is 19.8 Å². The Morgan fingerprint density at radius 2 is 2.57 bits per heavy atom. The molecule has 0 saturated heterocycles. The van der Waals surface area contributed by atoms with E-state index in [1.807, 2.05) is 0 Å². The number of rotatable bonds is 0. The van der Waals surface area contributed by atoms with E-state index in [-0.39, 0.29) is 0 Å². The van der Waals surface area contributed by atoms with Crippen LogP contribution in [0.15, 0.2) is 0 Å². The van der Waals surface area contributed by atoms with Crippen LogP contribution >= 0.6 is 0 Å². The average molecular weight is 98.2 g/mol. The first kappa shape index (κ1) is 4.82. The van der Waals surface area contributed by atoms with Crippen LogP contribution in [-0.4, -0.2) is 12.8 Å². The van der Waals surface area contributed by atoms with Crippen LogP contribution in [0.5, 0.6) is 0 Å². The molecule has 0 fully saturated rings. The van der Waals surface area contributed by atoms with Gasteiger partial charge in [0.2, 0.25) is 0 Å². The highest BCUT2D eigenvalue weighted by molar-refractivity contribution is 5.50. The van der Waals surface area contributed by atoms with E-state index >= 15 is 0 Å². The summed E-state index contributed by atoms with van der Waals surface area (Å²) in [7, 11) is 0. The van der Waals surface area contributed by atoms with Crippen molar-refractivity contribution < 1.29 is 4.99 Å². The molecule has 0 aromatic carbocycles. The first-order valence-electron chi connectivity index (χ1n) is 2.94. The van der Waals surface area contributed by atoms with Crippen LogP contribution in [0.4, 0.5) is 0 Å². The van der Waals surface area contributed by atoms with Crippen molar-refractivity contribution in [3.8, 4) is 0 Å². The lowest BCUT2D eigenvalue weighted by Crippen LogP contribution is -2.71. The number of hydrogen-bond donors (Lipinski definition) is 1. The molecule has 0 amide bonds. The topological polar surface area (TPSA) is 14.0 Å². The third kappa shape index (κ3) is 1.30. The molecule has 0 aromatic heterocycles. The highest BCUT2D eigenvalue weighted by atomic mass is 14.7. The van der Waals surface area contributed by atoms with Crippen LogP contribution in [0.25, 0.3) is 0 Å². The van der Waals surface area contributed by atoms with Gasteiger partial charge in [0.1, 0.15) is 12.8 Å². The Bertz CT molecular complexity index is 76.2. The predicted octanol–water partition coefficient (Wildman–Crippen LogP) is -0.432. The molecule has 1 atom stereocenters. The van der Waals surface area contributed by atoms with E-state index in [1.165, 1.54) is 19.4 Å². The Balaban J connectivity index is 2.32. The predicted molar refractivity (Wildman–Crippen MR) is 30.3 cm³/mol. The van der Waals surface area contributed by atoms with Crippen LogP contribution in [0.3, 0.4) is 0 Å². The molecule has 0 spiro atoms. The summed E-state index contributed by atoms with van der Waals surface area (Å²) in [6, 6.07) is 0. The first-order valence-corrected chi connectivity index (χ1v) is 2.94. The number of nitrogens with one attached hydrogen (secondary N) is 1. The highest BCUT2D eigenvalue weighted by Crippen LogP contribution is 2.02. The summed E-state index contributed by atoms with van der Waals surface area (Å²) >= 11 is 0. The molecule has 40 valence electrons. The van der Waals surface area contributed by atoms with Crippen molar-refractivity contribution in [1.29, 1.82) is 0 Å². The van der Waals surface area contributed by atoms with Crippen molar-refractivity contribution in [2.45, 2.75) is 19.8 Å². The molecule has 0 unspecified atom stereocenters. The molecule has 0 radical (unpaired) electrons. The maximum Gasteiger partial charge on any atom is 0.140 e. The summed E-state index contributed by atoms with van der Waals surface area (Å²) in [5, 5.41) is 0. The Morgan fingerprint density at radius 1 is 1.71 bits per heavy atom. The second kappa shape index (κ2) is 2.10. The minimum atomic E-state index is 0.918. The van der Waals surface area contributed by atoms with Crippen LogP contribution < -0.4 is 4.99 Å². The van der Waals surface area contributed by atoms with Gasteiger partial charge in [-0.05, 0) is 5.92 Å². The smallest absolute Gasteiger partial charge is 0.140 e. The molecule has 1 N–H and O–H groups in total. The fraction of sp³-hybridized carbons (Fsp3) is 0.833. The molecule has 0 aliphatic carbocycles. The first-order chi connectivity index (χ1) is 3.39. The van der Waals surface area contributed by atoms with E-state index in [0.29, 0.717) is 0 Å². The summed E-state index contributed by atoms with van der Waals surface area (Å²) in [4.78, 5) is 3.19. The maximum atomic E-state index is 3.19. The lowest BCUT2D eigenvalue weighted by molar-refractivity contribution is -0.460. The second-order valence-electron chi connectivity index (χ2n) is 2.29. The molecule has 0 aromatic rings. The van der Waals surface area contributed by atoms with Crippen molar-refractivity contribution in [3.05, 3.63) is 0 Å². The van der Waals surface area contributed by atoms with Gasteiger partial charge >= 0.3 is 0 Å². The monoisotopic (exact) mass is 98.1 g/mol. The average Bonchev–Trinajstić information content (AvgIpc) is 1.69. The summed E-state index contributed by atoms with van der Waals surface area (Å²) in [6.45, 7) is 3.47. The third-order valence-electron chi connectivity index (χ3n) is 1.45. The lowest BCUT2D eigenvalue weighted by atomic mass is 10.0. The Morgan fingerprint density at radius 3 is 2.86 bits per heavy atom. The van der Waals surface area contributed by atoms with E-state index in [4.69, 9.17) is 0 Å². The molecule has 1 rings (SSSR count). The molecule has 7 heavy (non-hydrogen) atoms. The van der Waals surface area contributed by atoms with Gasteiger partial charge in [0, 0.05) is 12.8 Å². The van der Waals surface area contributed by atoms with Gasteiger partial charge in [0.25, 0.3) is 0 Å². The summed E-state index contributed by atoms with van der Waals surface area (Å²) in [5.41, 5.74) is 0. The standard InChI is InChI=1S/C6H11N/c1-6-2-4-7-5-3-6/h4,6H,2-3,5H2,1H3/p+1/t6-/m0/s1. The van der Waals surface area contributed by atoms with E-state index < -0.39 is 0 Å². The van der Waals surface area contributed by atoms with Gasteiger partial charge in [-0.15, -0.1) is 0 Å². The fourth-order valence-corrected chi connectivity index (χ4v) is 0.834. The van der Waals surface area contributed by atoms with E-state index in [0.717, 1.165) is 5.92 Å². The highest BCUT2D eigenvalue weighted by Gasteiger charge is 2.05. The van der Waals surface area contributed by atoms with Gasteiger partial charge in [-0.3, -0.25) is 4.99 Å². The Hall–Kier alpha value is -0.330. The van der Waals surface area contributed by atoms with Gasteiger partial charge in [0.05, 0.1) is 0 Å². The van der Waals surface area contributed by atoms with E-state index in [2.05, 4.69) is 18.1 Å². The molecule has 0 bridgehead atoms. The van der Waals surface area contributed by atoms with Gasteiger partial charge in [-0.1, -0.05) is 6.92 Å². The quantitative estimate of drug-likeness (QED) is 0.422. The molecule has 1 aliphatic rings. The van der Waals surface area contributed by atoms with Gasteiger partial charge < -0.3 is 0 Å². The Labute approximate surface area is 44.5 Å². The second-order valence-corrected chi connectivity index (χ2v) is 2.29. The van der Waals surface area contributed by atoms with Crippen molar-refractivity contribution in [2.75, 3.05) is 6.54 Å². The third-order valence-corrected chi connectivity index (χ3v) is 1.45. The van der Waals surface area contributed by atoms with Crippen LogP contribution in [0, 0.1) is 5.92 Å². The summed E-state index contributed by atoms with van der Waals surface area (Å²) in [5.74, 6) is 0.918. The van der Waals surface area contributed by atoms with E-state index in [9.17, 15) is 0 Å². The number of hydrogen-bond acceptors (Lipinski definition) is 0. The largest absolute Gasteiger partial charge is 0.252 e. The summed E-state index contributed by atoms with van der Waals surface area (Å²) < 4.78 is 0. The molecular formula is C6H12N+. The molecule has 1 heterocycles. The molecule has 1 aliphatic heterocycles. The molecular weight excluding hydrogens is 86.1 g/mol. The molecule has 1 nitrogen and oxygen atoms in total. The van der Waals surface area contributed by atoms with Crippen LogP contribution in [0.2, 0.25) is 0 Å². The van der Waals surface area contributed by atoms with Crippen LogP contribution in [-0.2, 0) is 0 Å². The SMILES string of the molecule is C[C@H]1CC=[NH+]CC1. The minimum absolute atomic E-state index is 0.918. The Kier molecular flexibility index (Phi) is 1.45. The van der Waals surface area contributed by atoms with E-state index in [1.54, 1.807) is 0 Å². The van der Waals surface area contributed by atoms with Crippen molar-refractivity contribution in [2.24, 2.45) is 5.92 Å². The minimum Gasteiger partial charge on any atom is -0.252 e. The lowest BCUT2D eigenvalue weighted by Gasteiger charge is -2.04. The van der Waals surface area contributed by atoms with Crippen molar-refractivity contribution in [1.82, 2.24) is 0 Å². The maximum absolute atomic E-state index is 3.19. The van der Waals surface area contributed by atoms with Crippen molar-refractivity contribution >= 4 is 6.21 Å². The zero-order valence-electron chi connectivity index (χ0n) is 4.78. The zero-order valence-corrected chi connectivity index (χ0v) is 4.78. The fourth-order valence-electron chi connectivity index (χ4n) is 0.834. The zero-order chi connectivity index (χ0) is 5.11. The van der Waals surface area contributed by atoms with Gasteiger partial charge in [-0.2, -0.15) is 0 Å². The molecule has 0 saturated carbocycles. The molecule has 1 heteroatoms. The van der Waals surface area contributed by atoms with Gasteiger partial charge in [0.15, 0.2) is 0 Å².